The lowest BCUT2D eigenvalue weighted by Crippen LogP contribution is -2.42. The molecule has 0 bridgehead atoms. The maximum Gasteiger partial charge on any atom is 0.408 e. The molecule has 3 aromatic rings. The van der Waals surface area contributed by atoms with Crippen LogP contribution in [0.25, 0.3) is 0 Å². The van der Waals surface area contributed by atoms with Gasteiger partial charge >= 0.3 is 18.2 Å². The van der Waals surface area contributed by atoms with Crippen molar-refractivity contribution in [2.45, 2.75) is 45.1 Å². The third-order valence-electron chi connectivity index (χ3n) is 5.72. The third kappa shape index (κ3) is 10.8. The summed E-state index contributed by atoms with van der Waals surface area (Å²) in [5.41, 5.74) is 2.15. The number of carbonyl (C=O) groups is 3. The van der Waals surface area contributed by atoms with Crippen molar-refractivity contribution in [2.24, 2.45) is 0 Å². The Morgan fingerprint density at radius 3 is 1.80 bits per heavy atom. The van der Waals surface area contributed by atoms with Crippen LogP contribution in [0.5, 0.6) is 0 Å². The first kappa shape index (κ1) is 29.6. The van der Waals surface area contributed by atoms with Gasteiger partial charge in [-0.05, 0) is 48.1 Å². The Kier molecular flexibility index (Phi) is 11.9. The Balaban J connectivity index is 1.46. The van der Waals surface area contributed by atoms with Crippen molar-refractivity contribution in [3.8, 4) is 0 Å². The standard InChI is InChI=1S/C29H31N3O8/c33-27(38-19-24-14-16-25(17-15-24)32(36)37)26(31-29(35)40-21-23-11-5-2-6-12-23)13-7-8-18-30-28(34)39-20-22-9-3-1-4-10-22/h1-6,9-12,14-17,26H,7-8,13,18-21H2,(H,30,34)(H,31,35)/t26-/m0/s1. The Labute approximate surface area is 231 Å². The first-order valence-electron chi connectivity index (χ1n) is 12.7. The summed E-state index contributed by atoms with van der Waals surface area (Å²) in [6, 6.07) is 23.0. The minimum absolute atomic E-state index is 0.0340. The van der Waals surface area contributed by atoms with Crippen molar-refractivity contribution in [3.05, 3.63) is 112 Å². The highest BCUT2D eigenvalue weighted by atomic mass is 16.6. The highest BCUT2D eigenvalue weighted by Crippen LogP contribution is 2.13. The molecular formula is C29H31N3O8. The summed E-state index contributed by atoms with van der Waals surface area (Å²) in [5, 5.41) is 16.0. The number of rotatable bonds is 14. The third-order valence-corrected chi connectivity index (χ3v) is 5.72. The molecule has 3 rings (SSSR count). The zero-order chi connectivity index (χ0) is 28.6. The number of ether oxygens (including phenoxy) is 3. The molecule has 0 saturated carbocycles. The lowest BCUT2D eigenvalue weighted by atomic mass is 10.1. The molecule has 0 spiro atoms. The zero-order valence-electron chi connectivity index (χ0n) is 21.8. The van der Waals surface area contributed by atoms with Crippen LogP contribution in [0, 0.1) is 10.1 Å². The molecule has 0 aliphatic rings. The molecule has 2 N–H and O–H groups in total. The predicted molar refractivity (Wildman–Crippen MR) is 145 cm³/mol. The molecule has 2 amide bonds. The van der Waals surface area contributed by atoms with E-state index in [1.807, 2.05) is 48.5 Å². The SMILES string of the molecule is O=C(NCCCC[C@H](NC(=O)OCc1ccccc1)C(=O)OCc1ccc([N+](=O)[O-])cc1)OCc1ccccc1. The summed E-state index contributed by atoms with van der Waals surface area (Å²) >= 11 is 0. The molecule has 0 aliphatic carbocycles. The molecule has 0 radical (unpaired) electrons. The topological polar surface area (TPSA) is 146 Å². The minimum atomic E-state index is -0.994. The lowest BCUT2D eigenvalue weighted by Gasteiger charge is -2.18. The van der Waals surface area contributed by atoms with Gasteiger partial charge in [0, 0.05) is 18.7 Å². The smallest absolute Gasteiger partial charge is 0.408 e. The van der Waals surface area contributed by atoms with E-state index in [9.17, 15) is 24.5 Å². The molecule has 0 fully saturated rings. The van der Waals surface area contributed by atoms with Gasteiger partial charge in [0.25, 0.3) is 5.69 Å². The summed E-state index contributed by atoms with van der Waals surface area (Å²) < 4.78 is 15.8. The molecule has 3 aromatic carbocycles. The first-order valence-corrected chi connectivity index (χ1v) is 12.7. The van der Waals surface area contributed by atoms with E-state index in [-0.39, 0.29) is 31.9 Å². The summed E-state index contributed by atoms with van der Waals surface area (Å²) in [6.45, 7) is 0.385. The van der Waals surface area contributed by atoms with Crippen LogP contribution in [-0.4, -0.2) is 35.7 Å². The number of nitro groups is 1. The second-order valence-electron chi connectivity index (χ2n) is 8.77. The summed E-state index contributed by atoms with van der Waals surface area (Å²) in [6.07, 6.45) is -0.0858. The first-order chi connectivity index (χ1) is 19.4. The molecule has 1 atom stereocenters. The highest BCUT2D eigenvalue weighted by molar-refractivity contribution is 5.81. The number of nitrogens with zero attached hydrogens (tertiary/aromatic N) is 1. The molecule has 0 unspecified atom stereocenters. The van der Waals surface area contributed by atoms with Gasteiger partial charge < -0.3 is 24.8 Å². The average Bonchev–Trinajstić information content (AvgIpc) is 2.98. The van der Waals surface area contributed by atoms with Gasteiger partial charge in [-0.15, -0.1) is 0 Å². The molecular weight excluding hydrogens is 518 g/mol. The fourth-order valence-corrected chi connectivity index (χ4v) is 3.56. The highest BCUT2D eigenvalue weighted by Gasteiger charge is 2.23. The van der Waals surface area contributed by atoms with E-state index in [1.165, 1.54) is 24.3 Å². The zero-order valence-corrected chi connectivity index (χ0v) is 21.8. The predicted octanol–water partition coefficient (Wildman–Crippen LogP) is 5.03. The van der Waals surface area contributed by atoms with Crippen LogP contribution in [-0.2, 0) is 38.8 Å². The maximum absolute atomic E-state index is 12.8. The van der Waals surface area contributed by atoms with E-state index < -0.39 is 29.1 Å². The van der Waals surface area contributed by atoms with Crippen molar-refractivity contribution in [1.82, 2.24) is 10.6 Å². The van der Waals surface area contributed by atoms with E-state index >= 15 is 0 Å². The van der Waals surface area contributed by atoms with Crippen molar-refractivity contribution in [1.29, 1.82) is 0 Å². The number of amides is 2. The summed E-state index contributed by atoms with van der Waals surface area (Å²) in [7, 11) is 0. The number of carbonyl (C=O) groups excluding carboxylic acids is 3. The lowest BCUT2D eigenvalue weighted by molar-refractivity contribution is -0.384. The molecule has 11 heteroatoms. The van der Waals surface area contributed by atoms with Crippen LogP contribution in [0.15, 0.2) is 84.9 Å². The number of hydrogen-bond donors (Lipinski definition) is 2. The maximum atomic E-state index is 12.8. The fourth-order valence-electron chi connectivity index (χ4n) is 3.56. The van der Waals surface area contributed by atoms with E-state index in [4.69, 9.17) is 14.2 Å². The Hall–Kier alpha value is -4.93. The van der Waals surface area contributed by atoms with Gasteiger partial charge in [-0.25, -0.2) is 14.4 Å². The second kappa shape index (κ2) is 16.1. The van der Waals surface area contributed by atoms with Gasteiger partial charge in [0.2, 0.25) is 0 Å². The number of esters is 1. The molecule has 11 nitrogen and oxygen atoms in total. The number of non-ortho nitro benzene ring substituents is 1. The monoisotopic (exact) mass is 549 g/mol. The summed E-state index contributed by atoms with van der Waals surface area (Å²) in [5.74, 6) is -0.676. The average molecular weight is 550 g/mol. The Morgan fingerprint density at radius 2 is 1.23 bits per heavy atom. The van der Waals surface area contributed by atoms with Crippen LogP contribution < -0.4 is 10.6 Å². The molecule has 0 aliphatic heterocycles. The van der Waals surface area contributed by atoms with Gasteiger partial charge in [-0.1, -0.05) is 60.7 Å². The van der Waals surface area contributed by atoms with Crippen molar-refractivity contribution < 1.29 is 33.5 Å². The largest absolute Gasteiger partial charge is 0.459 e. The van der Waals surface area contributed by atoms with Gasteiger partial charge in [0.1, 0.15) is 25.9 Å². The van der Waals surface area contributed by atoms with Crippen molar-refractivity contribution in [2.75, 3.05) is 6.54 Å². The quantitative estimate of drug-likeness (QED) is 0.0936. The van der Waals surface area contributed by atoms with Gasteiger partial charge in [0.05, 0.1) is 4.92 Å². The molecule has 0 heterocycles. The van der Waals surface area contributed by atoms with Crippen molar-refractivity contribution in [3.63, 3.8) is 0 Å². The van der Waals surface area contributed by atoms with Crippen LogP contribution >= 0.6 is 0 Å². The van der Waals surface area contributed by atoms with Crippen LogP contribution in [0.2, 0.25) is 0 Å². The van der Waals surface area contributed by atoms with E-state index in [1.54, 1.807) is 12.1 Å². The van der Waals surface area contributed by atoms with Gasteiger partial charge in [-0.2, -0.15) is 0 Å². The Bertz CT molecular complexity index is 1240. The van der Waals surface area contributed by atoms with E-state index in [0.29, 0.717) is 24.9 Å². The minimum Gasteiger partial charge on any atom is -0.459 e. The van der Waals surface area contributed by atoms with Crippen LogP contribution in [0.3, 0.4) is 0 Å². The van der Waals surface area contributed by atoms with Gasteiger partial charge in [-0.3, -0.25) is 10.1 Å². The van der Waals surface area contributed by atoms with Gasteiger partial charge in [0.15, 0.2) is 0 Å². The molecule has 210 valence electrons. The fraction of sp³-hybridized carbons (Fsp3) is 0.276. The van der Waals surface area contributed by atoms with E-state index in [2.05, 4.69) is 10.6 Å². The number of nitrogens with one attached hydrogen (secondary N) is 2. The number of hydrogen-bond acceptors (Lipinski definition) is 8. The Morgan fingerprint density at radius 1 is 0.700 bits per heavy atom. The molecule has 40 heavy (non-hydrogen) atoms. The summed E-state index contributed by atoms with van der Waals surface area (Å²) in [4.78, 5) is 47.4. The molecule has 0 aromatic heterocycles. The number of alkyl carbamates (subject to hydrolysis) is 2. The normalized spacial score (nSPS) is 11.1. The van der Waals surface area contributed by atoms with E-state index in [0.717, 1.165) is 11.1 Å². The van der Waals surface area contributed by atoms with Crippen LogP contribution in [0.4, 0.5) is 15.3 Å². The number of unbranched alkanes of at least 4 members (excludes halogenated alkanes) is 1. The molecule has 0 saturated heterocycles. The number of benzene rings is 3. The second-order valence-corrected chi connectivity index (χ2v) is 8.77. The van der Waals surface area contributed by atoms with Crippen LogP contribution in [0.1, 0.15) is 36.0 Å². The van der Waals surface area contributed by atoms with Crippen molar-refractivity contribution >= 4 is 23.8 Å². The number of nitro benzene ring substituents is 1.